The fourth-order valence-electron chi connectivity index (χ4n) is 2.59. The lowest BCUT2D eigenvalue weighted by atomic mass is 10.1. The number of hydrogen-bond acceptors (Lipinski definition) is 6. The average Bonchev–Trinajstić information content (AvgIpc) is 2.67. The maximum absolute atomic E-state index is 6.38. The maximum atomic E-state index is 6.38. The molecule has 3 rings (SSSR count). The molecule has 0 radical (unpaired) electrons. The quantitative estimate of drug-likeness (QED) is 0.688. The van der Waals surface area contributed by atoms with Gasteiger partial charge in [0.25, 0.3) is 0 Å². The Balaban J connectivity index is 1.80. The summed E-state index contributed by atoms with van der Waals surface area (Å²) in [5.41, 5.74) is 2.76. The van der Waals surface area contributed by atoms with Crippen LogP contribution in [0.25, 0.3) is 0 Å². The van der Waals surface area contributed by atoms with Gasteiger partial charge in [0.2, 0.25) is 0 Å². The van der Waals surface area contributed by atoms with Gasteiger partial charge in [-0.2, -0.15) is 0 Å². The number of halogens is 1. The Morgan fingerprint density at radius 1 is 1.42 bits per heavy atom. The second-order valence-electron chi connectivity index (χ2n) is 5.82. The first-order valence-corrected chi connectivity index (χ1v) is 9.82. The van der Waals surface area contributed by atoms with Crippen molar-refractivity contribution in [3.05, 3.63) is 53.5 Å². The lowest BCUT2D eigenvalue weighted by molar-refractivity contribution is 0.375. The summed E-state index contributed by atoms with van der Waals surface area (Å²) in [6, 6.07) is 6.04. The Kier molecular flexibility index (Phi) is 6.16. The van der Waals surface area contributed by atoms with Gasteiger partial charge < -0.3 is 10.1 Å². The molecule has 0 spiro atoms. The molecule has 0 fully saturated rings. The van der Waals surface area contributed by atoms with E-state index < -0.39 is 0 Å². The minimum atomic E-state index is 0.0128. The lowest BCUT2D eigenvalue weighted by Gasteiger charge is -2.20. The highest BCUT2D eigenvalue weighted by molar-refractivity contribution is 8.14. The Labute approximate surface area is 163 Å². The smallest absolute Gasteiger partial charge is 0.148 e. The SMILES string of the molecule is C=CCSC1=Nc2cc(C(C)Nc3ncnc(CC)c3Cl)ccc2OC1. The van der Waals surface area contributed by atoms with Gasteiger partial charge in [-0.05, 0) is 31.0 Å². The van der Waals surface area contributed by atoms with Crippen molar-refractivity contribution in [2.45, 2.75) is 26.3 Å². The van der Waals surface area contributed by atoms with E-state index in [0.29, 0.717) is 17.4 Å². The molecule has 2 heterocycles. The van der Waals surface area contributed by atoms with E-state index in [0.717, 1.165) is 39.9 Å². The second kappa shape index (κ2) is 8.56. The zero-order valence-electron chi connectivity index (χ0n) is 14.8. The fourth-order valence-corrected chi connectivity index (χ4v) is 3.49. The molecule has 1 unspecified atom stereocenters. The average molecular weight is 389 g/mol. The van der Waals surface area contributed by atoms with Crippen LogP contribution in [0.4, 0.5) is 11.5 Å². The van der Waals surface area contributed by atoms with Gasteiger partial charge in [0, 0.05) is 5.75 Å². The summed E-state index contributed by atoms with van der Waals surface area (Å²) in [6.45, 7) is 8.33. The van der Waals surface area contributed by atoms with Crippen LogP contribution in [0, 0.1) is 0 Å². The van der Waals surface area contributed by atoms with Crippen LogP contribution in [0.1, 0.15) is 31.1 Å². The first-order valence-electron chi connectivity index (χ1n) is 8.46. The molecule has 1 aromatic carbocycles. The van der Waals surface area contributed by atoms with Crippen molar-refractivity contribution in [2.75, 3.05) is 17.7 Å². The van der Waals surface area contributed by atoms with Crippen molar-refractivity contribution in [2.24, 2.45) is 4.99 Å². The predicted octanol–water partition coefficient (Wildman–Crippen LogP) is 5.21. The molecule has 0 aliphatic carbocycles. The molecular formula is C19H21ClN4OS. The van der Waals surface area contributed by atoms with Crippen LogP contribution in [-0.2, 0) is 6.42 Å². The van der Waals surface area contributed by atoms with Crippen molar-refractivity contribution in [3.63, 3.8) is 0 Å². The molecule has 1 atom stereocenters. The number of fused-ring (bicyclic) bond motifs is 1. The molecule has 136 valence electrons. The van der Waals surface area contributed by atoms with Crippen molar-refractivity contribution in [3.8, 4) is 5.75 Å². The Bertz CT molecular complexity index is 840. The first kappa shape index (κ1) is 18.7. The predicted molar refractivity (Wildman–Crippen MR) is 110 cm³/mol. The summed E-state index contributed by atoms with van der Waals surface area (Å²) in [5.74, 6) is 2.27. The third-order valence-corrected chi connectivity index (χ3v) is 5.34. The zero-order valence-corrected chi connectivity index (χ0v) is 16.4. The van der Waals surface area contributed by atoms with Crippen LogP contribution in [0.15, 0.2) is 42.2 Å². The van der Waals surface area contributed by atoms with E-state index >= 15 is 0 Å². The highest BCUT2D eigenvalue weighted by atomic mass is 35.5. The summed E-state index contributed by atoms with van der Waals surface area (Å²) in [4.78, 5) is 13.2. The number of nitrogens with one attached hydrogen (secondary N) is 1. The molecule has 5 nitrogen and oxygen atoms in total. The zero-order chi connectivity index (χ0) is 18.5. The molecular weight excluding hydrogens is 368 g/mol. The summed E-state index contributed by atoms with van der Waals surface area (Å²) >= 11 is 8.02. The summed E-state index contributed by atoms with van der Waals surface area (Å²) in [7, 11) is 0. The number of nitrogens with zero attached hydrogens (tertiary/aromatic N) is 3. The van der Waals surface area contributed by atoms with E-state index in [1.165, 1.54) is 6.33 Å². The topological polar surface area (TPSA) is 59.4 Å². The van der Waals surface area contributed by atoms with Crippen LogP contribution in [0.5, 0.6) is 5.75 Å². The standard InChI is InChI=1S/C19H21ClN4OS/c1-4-8-26-17-10-25-16-7-6-13(9-15(16)24-17)12(3)23-19-18(20)14(5-2)21-11-22-19/h4,6-7,9,11-12H,1,5,8,10H2,2-3H3,(H,21,22,23). The third-order valence-electron chi connectivity index (χ3n) is 4.00. The number of benzene rings is 1. The molecule has 1 aliphatic rings. The summed E-state index contributed by atoms with van der Waals surface area (Å²) < 4.78 is 5.79. The lowest BCUT2D eigenvalue weighted by Crippen LogP contribution is -2.13. The number of aryl methyl sites for hydroxylation is 1. The molecule has 7 heteroatoms. The molecule has 0 amide bonds. The van der Waals surface area contributed by atoms with Gasteiger partial charge in [-0.3, -0.25) is 0 Å². The van der Waals surface area contributed by atoms with Gasteiger partial charge in [0.05, 0.1) is 11.7 Å². The number of aromatic nitrogens is 2. The largest absolute Gasteiger partial charge is 0.484 e. The normalized spacial score (nSPS) is 14.0. The molecule has 26 heavy (non-hydrogen) atoms. The molecule has 0 saturated heterocycles. The molecule has 1 aromatic heterocycles. The molecule has 0 bridgehead atoms. The highest BCUT2D eigenvalue weighted by Gasteiger charge is 2.17. The summed E-state index contributed by atoms with van der Waals surface area (Å²) in [5, 5.41) is 4.90. The molecule has 1 aliphatic heterocycles. The highest BCUT2D eigenvalue weighted by Crippen LogP contribution is 2.35. The van der Waals surface area contributed by atoms with Gasteiger partial charge in [-0.25, -0.2) is 15.0 Å². The second-order valence-corrected chi connectivity index (χ2v) is 7.29. The van der Waals surface area contributed by atoms with E-state index in [4.69, 9.17) is 21.3 Å². The monoisotopic (exact) mass is 388 g/mol. The van der Waals surface area contributed by atoms with Crippen LogP contribution >= 0.6 is 23.4 Å². The van der Waals surface area contributed by atoms with Gasteiger partial charge in [-0.15, -0.1) is 18.3 Å². The summed E-state index contributed by atoms with van der Waals surface area (Å²) in [6.07, 6.45) is 4.16. The van der Waals surface area contributed by atoms with Gasteiger partial charge >= 0.3 is 0 Å². The molecule has 2 aromatic rings. The molecule has 1 N–H and O–H groups in total. The van der Waals surface area contributed by atoms with Gasteiger partial charge in [-0.1, -0.05) is 30.7 Å². The van der Waals surface area contributed by atoms with E-state index in [-0.39, 0.29) is 6.04 Å². The number of anilines is 1. The number of rotatable bonds is 6. The number of hydrogen-bond donors (Lipinski definition) is 1. The van der Waals surface area contributed by atoms with Crippen molar-refractivity contribution in [1.29, 1.82) is 0 Å². The Hall–Kier alpha value is -2.05. The van der Waals surface area contributed by atoms with E-state index in [2.05, 4.69) is 28.8 Å². The minimum Gasteiger partial charge on any atom is -0.484 e. The van der Waals surface area contributed by atoms with Crippen molar-refractivity contribution >= 4 is 39.9 Å². The minimum absolute atomic E-state index is 0.0128. The van der Waals surface area contributed by atoms with Crippen LogP contribution in [0.3, 0.4) is 0 Å². The van der Waals surface area contributed by atoms with Crippen LogP contribution < -0.4 is 10.1 Å². The van der Waals surface area contributed by atoms with Crippen LogP contribution in [-0.4, -0.2) is 27.4 Å². The van der Waals surface area contributed by atoms with Crippen LogP contribution in [0.2, 0.25) is 5.02 Å². The number of thioether (sulfide) groups is 1. The van der Waals surface area contributed by atoms with E-state index in [1.807, 2.05) is 31.2 Å². The first-order chi connectivity index (χ1) is 12.6. The third kappa shape index (κ3) is 4.19. The fraction of sp³-hybridized carbons (Fsp3) is 0.316. The number of aliphatic imine (C=N–C) groups is 1. The van der Waals surface area contributed by atoms with E-state index in [9.17, 15) is 0 Å². The van der Waals surface area contributed by atoms with Gasteiger partial charge in [0.15, 0.2) is 0 Å². The van der Waals surface area contributed by atoms with Crippen molar-refractivity contribution < 1.29 is 4.74 Å². The van der Waals surface area contributed by atoms with Crippen molar-refractivity contribution in [1.82, 2.24) is 9.97 Å². The maximum Gasteiger partial charge on any atom is 0.148 e. The van der Waals surface area contributed by atoms with Gasteiger partial charge in [0.1, 0.15) is 40.3 Å². The molecule has 0 saturated carbocycles. The number of ether oxygens (including phenoxy) is 1. The Morgan fingerprint density at radius 3 is 3.04 bits per heavy atom. The Morgan fingerprint density at radius 2 is 2.27 bits per heavy atom. The van der Waals surface area contributed by atoms with E-state index in [1.54, 1.807) is 11.8 Å².